The maximum absolute atomic E-state index is 9.93. The van der Waals surface area contributed by atoms with Crippen LogP contribution < -0.4 is 9.47 Å². The lowest BCUT2D eigenvalue weighted by Crippen LogP contribution is -2.25. The second kappa shape index (κ2) is 9.03. The molecule has 1 saturated heterocycles. The van der Waals surface area contributed by atoms with Gasteiger partial charge in [-0.3, -0.25) is 4.90 Å². The lowest BCUT2D eigenvalue weighted by molar-refractivity contribution is 0.237. The van der Waals surface area contributed by atoms with E-state index in [4.69, 9.17) is 9.47 Å². The van der Waals surface area contributed by atoms with E-state index < -0.39 is 0 Å². The van der Waals surface area contributed by atoms with Crippen LogP contribution in [-0.2, 0) is 0 Å². The SMILES string of the molecule is Oc1ccc2c(c1)OC[C@H](c1ccccc1)[C@H]2c1ccc(OCCN2CCCC2)cc1. The summed E-state index contributed by atoms with van der Waals surface area (Å²) < 4.78 is 12.1. The second-order valence-corrected chi connectivity index (χ2v) is 8.49. The van der Waals surface area contributed by atoms with Crippen LogP contribution in [0.25, 0.3) is 0 Å². The highest BCUT2D eigenvalue weighted by atomic mass is 16.5. The topological polar surface area (TPSA) is 41.9 Å². The maximum atomic E-state index is 9.93. The Morgan fingerprint density at radius 1 is 0.903 bits per heavy atom. The van der Waals surface area contributed by atoms with E-state index in [-0.39, 0.29) is 17.6 Å². The summed E-state index contributed by atoms with van der Waals surface area (Å²) in [5.41, 5.74) is 3.61. The zero-order valence-electron chi connectivity index (χ0n) is 17.7. The number of phenolic OH excluding ortho intramolecular Hbond substituents is 1. The minimum Gasteiger partial charge on any atom is -0.508 e. The number of hydrogen-bond donors (Lipinski definition) is 1. The predicted octanol–water partition coefficient (Wildman–Crippen LogP) is 5.17. The molecule has 1 N–H and O–H groups in total. The molecule has 0 amide bonds. The first-order valence-corrected chi connectivity index (χ1v) is 11.2. The highest BCUT2D eigenvalue weighted by Crippen LogP contribution is 2.47. The van der Waals surface area contributed by atoms with E-state index >= 15 is 0 Å². The van der Waals surface area contributed by atoms with Gasteiger partial charge in [0.25, 0.3) is 0 Å². The van der Waals surface area contributed by atoms with Gasteiger partial charge in [-0.05, 0) is 55.3 Å². The number of fused-ring (bicyclic) bond motifs is 1. The second-order valence-electron chi connectivity index (χ2n) is 8.49. The molecule has 4 heteroatoms. The Morgan fingerprint density at radius 3 is 2.45 bits per heavy atom. The van der Waals surface area contributed by atoms with Gasteiger partial charge in [-0.2, -0.15) is 0 Å². The van der Waals surface area contributed by atoms with Gasteiger partial charge in [-0.1, -0.05) is 48.5 Å². The number of rotatable bonds is 6. The first-order chi connectivity index (χ1) is 15.3. The molecule has 0 spiro atoms. The monoisotopic (exact) mass is 415 g/mol. The maximum Gasteiger partial charge on any atom is 0.126 e. The molecule has 2 aliphatic rings. The van der Waals surface area contributed by atoms with Gasteiger partial charge in [-0.25, -0.2) is 0 Å². The van der Waals surface area contributed by atoms with Gasteiger partial charge in [0.1, 0.15) is 23.9 Å². The summed E-state index contributed by atoms with van der Waals surface area (Å²) in [5, 5.41) is 9.93. The van der Waals surface area contributed by atoms with Gasteiger partial charge in [0, 0.05) is 30.0 Å². The van der Waals surface area contributed by atoms with Gasteiger partial charge in [0.2, 0.25) is 0 Å². The molecule has 4 nitrogen and oxygen atoms in total. The van der Waals surface area contributed by atoms with Crippen LogP contribution in [0.5, 0.6) is 17.2 Å². The van der Waals surface area contributed by atoms with Crippen molar-refractivity contribution in [2.75, 3.05) is 32.8 Å². The molecule has 0 radical (unpaired) electrons. The molecule has 31 heavy (non-hydrogen) atoms. The molecular weight excluding hydrogens is 386 g/mol. The molecule has 0 aliphatic carbocycles. The molecule has 2 atom stereocenters. The lowest BCUT2D eigenvalue weighted by Gasteiger charge is -2.34. The quantitative estimate of drug-likeness (QED) is 0.603. The molecule has 0 bridgehead atoms. The molecule has 3 aromatic carbocycles. The fourth-order valence-electron chi connectivity index (χ4n) is 4.87. The number of aromatic hydroxyl groups is 1. The summed E-state index contributed by atoms with van der Waals surface area (Å²) in [7, 11) is 0. The Kier molecular flexibility index (Phi) is 5.81. The van der Waals surface area contributed by atoms with Crippen molar-refractivity contribution in [3.05, 3.63) is 89.5 Å². The summed E-state index contributed by atoms with van der Waals surface area (Å²) in [5.74, 6) is 2.28. The molecule has 160 valence electrons. The summed E-state index contributed by atoms with van der Waals surface area (Å²) in [6, 6.07) is 24.5. The van der Waals surface area contributed by atoms with Crippen molar-refractivity contribution in [3.8, 4) is 17.2 Å². The standard InChI is InChI=1S/C27H29NO3/c29-22-10-13-24-26(18-22)31-19-25(20-6-2-1-3-7-20)27(24)21-8-11-23(12-9-21)30-17-16-28-14-4-5-15-28/h1-3,6-13,18,25,27,29H,4-5,14-17,19H2/t25-,27+/m1/s1. The van der Waals surface area contributed by atoms with E-state index in [1.54, 1.807) is 12.1 Å². The van der Waals surface area contributed by atoms with Crippen LogP contribution >= 0.6 is 0 Å². The molecule has 1 fully saturated rings. The van der Waals surface area contributed by atoms with Gasteiger partial charge < -0.3 is 14.6 Å². The largest absolute Gasteiger partial charge is 0.508 e. The smallest absolute Gasteiger partial charge is 0.126 e. The number of benzene rings is 3. The molecule has 5 rings (SSSR count). The van der Waals surface area contributed by atoms with E-state index in [0.29, 0.717) is 6.61 Å². The van der Waals surface area contributed by atoms with E-state index in [1.807, 2.05) is 12.1 Å². The average Bonchev–Trinajstić information content (AvgIpc) is 3.33. The molecule has 0 aromatic heterocycles. The zero-order valence-corrected chi connectivity index (χ0v) is 17.7. The Morgan fingerprint density at radius 2 is 1.68 bits per heavy atom. The van der Waals surface area contributed by atoms with Crippen molar-refractivity contribution in [3.63, 3.8) is 0 Å². The fourth-order valence-corrected chi connectivity index (χ4v) is 4.87. The normalized spacial score (nSPS) is 20.8. The van der Waals surface area contributed by atoms with Crippen LogP contribution in [0, 0.1) is 0 Å². The molecule has 0 saturated carbocycles. The van der Waals surface area contributed by atoms with E-state index in [0.717, 1.165) is 30.2 Å². The minimum absolute atomic E-state index is 0.158. The fraction of sp³-hybridized carbons (Fsp3) is 0.333. The number of ether oxygens (including phenoxy) is 2. The van der Waals surface area contributed by atoms with Gasteiger partial charge in [-0.15, -0.1) is 0 Å². The third kappa shape index (κ3) is 4.40. The minimum atomic E-state index is 0.158. The van der Waals surface area contributed by atoms with Crippen LogP contribution in [0.2, 0.25) is 0 Å². The van der Waals surface area contributed by atoms with Gasteiger partial charge in [0.05, 0.1) is 6.61 Å². The van der Waals surface area contributed by atoms with Crippen molar-refractivity contribution in [1.82, 2.24) is 4.90 Å². The molecule has 3 aromatic rings. The molecule has 2 aliphatic heterocycles. The van der Waals surface area contributed by atoms with Crippen molar-refractivity contribution >= 4 is 0 Å². The van der Waals surface area contributed by atoms with Crippen LogP contribution in [0.15, 0.2) is 72.8 Å². The third-order valence-corrected chi connectivity index (χ3v) is 6.49. The number of likely N-dealkylation sites (tertiary alicyclic amines) is 1. The average molecular weight is 416 g/mol. The predicted molar refractivity (Wildman–Crippen MR) is 122 cm³/mol. The molecular formula is C27H29NO3. The first kappa shape index (κ1) is 20.0. The van der Waals surface area contributed by atoms with Crippen molar-refractivity contribution < 1.29 is 14.6 Å². The third-order valence-electron chi connectivity index (χ3n) is 6.49. The molecule has 0 unspecified atom stereocenters. The highest BCUT2D eigenvalue weighted by molar-refractivity contribution is 5.50. The van der Waals surface area contributed by atoms with E-state index in [2.05, 4.69) is 53.4 Å². The Labute approximate surface area is 184 Å². The number of nitrogens with zero attached hydrogens (tertiary/aromatic N) is 1. The molecule has 2 heterocycles. The summed E-state index contributed by atoms with van der Waals surface area (Å²) in [6.07, 6.45) is 2.61. The van der Waals surface area contributed by atoms with Gasteiger partial charge in [0.15, 0.2) is 0 Å². The van der Waals surface area contributed by atoms with E-state index in [9.17, 15) is 5.11 Å². The van der Waals surface area contributed by atoms with Crippen LogP contribution in [0.3, 0.4) is 0 Å². The summed E-state index contributed by atoms with van der Waals surface area (Å²) >= 11 is 0. The van der Waals surface area contributed by atoms with Crippen LogP contribution in [0.4, 0.5) is 0 Å². The first-order valence-electron chi connectivity index (χ1n) is 11.2. The van der Waals surface area contributed by atoms with Crippen molar-refractivity contribution in [1.29, 1.82) is 0 Å². The summed E-state index contributed by atoms with van der Waals surface area (Å²) in [6.45, 7) is 4.70. The van der Waals surface area contributed by atoms with Crippen LogP contribution in [0.1, 0.15) is 41.4 Å². The Bertz CT molecular complexity index is 997. The van der Waals surface area contributed by atoms with E-state index in [1.165, 1.54) is 37.1 Å². The number of phenols is 1. The van der Waals surface area contributed by atoms with Crippen molar-refractivity contribution in [2.45, 2.75) is 24.7 Å². The zero-order chi connectivity index (χ0) is 21.0. The van der Waals surface area contributed by atoms with Crippen LogP contribution in [-0.4, -0.2) is 42.9 Å². The van der Waals surface area contributed by atoms with Crippen molar-refractivity contribution in [2.24, 2.45) is 0 Å². The Balaban J connectivity index is 1.38. The number of hydrogen-bond acceptors (Lipinski definition) is 4. The Hall–Kier alpha value is -2.98. The highest BCUT2D eigenvalue weighted by Gasteiger charge is 2.33. The summed E-state index contributed by atoms with van der Waals surface area (Å²) in [4.78, 5) is 2.47. The van der Waals surface area contributed by atoms with Gasteiger partial charge >= 0.3 is 0 Å². The lowest BCUT2D eigenvalue weighted by atomic mass is 9.76.